The maximum absolute atomic E-state index is 12.5. The Kier molecular flexibility index (Phi) is 4.66. The van der Waals surface area contributed by atoms with E-state index in [0.717, 1.165) is 49.3 Å². The van der Waals surface area contributed by atoms with Crippen LogP contribution in [0.3, 0.4) is 0 Å². The lowest BCUT2D eigenvalue weighted by molar-refractivity contribution is -0.0161. The molecule has 0 aromatic carbocycles. The van der Waals surface area contributed by atoms with Crippen molar-refractivity contribution >= 4 is 11.6 Å². The summed E-state index contributed by atoms with van der Waals surface area (Å²) in [4.78, 5) is 17.0. The van der Waals surface area contributed by atoms with E-state index in [-0.39, 0.29) is 11.9 Å². The first kappa shape index (κ1) is 16.0. The molecule has 2 aromatic heterocycles. The number of fused-ring (bicyclic) bond motifs is 1. The molecule has 23 heavy (non-hydrogen) atoms. The van der Waals surface area contributed by atoms with Crippen LogP contribution in [0, 0.1) is 13.8 Å². The third-order valence-electron chi connectivity index (χ3n) is 4.47. The maximum Gasteiger partial charge on any atom is 0.255 e. The minimum absolute atomic E-state index is 0.0398. The minimum atomic E-state index is -0.0398. The standard InChI is InChI=1S/C18H25N3O2/c1-4-5-8-23-15-10-14(11-15)20-18(22)16-6-7-21-13(3)9-12(2)19-17(16)21/h6-7,9,14-15H,4-5,8,10-11H2,1-3H3,(H,20,22)/t14-,15-. The summed E-state index contributed by atoms with van der Waals surface area (Å²) in [5.74, 6) is -0.0398. The molecule has 0 saturated heterocycles. The van der Waals surface area contributed by atoms with Crippen molar-refractivity contribution in [3.63, 3.8) is 0 Å². The first-order valence-corrected chi connectivity index (χ1v) is 8.46. The molecule has 5 nitrogen and oxygen atoms in total. The van der Waals surface area contributed by atoms with Crippen LogP contribution in [0.15, 0.2) is 18.3 Å². The van der Waals surface area contributed by atoms with E-state index < -0.39 is 0 Å². The van der Waals surface area contributed by atoms with Crippen molar-refractivity contribution in [1.29, 1.82) is 0 Å². The van der Waals surface area contributed by atoms with E-state index in [4.69, 9.17) is 4.74 Å². The Morgan fingerprint density at radius 3 is 2.96 bits per heavy atom. The van der Waals surface area contributed by atoms with E-state index >= 15 is 0 Å². The molecular formula is C18H25N3O2. The Balaban J connectivity index is 1.60. The number of nitrogens with zero attached hydrogens (tertiary/aromatic N) is 2. The SMILES string of the molecule is CCCCO[C@H]1C[C@H](NC(=O)c2ccn3c(C)cc(C)nc23)C1. The Hall–Kier alpha value is -1.88. The molecule has 0 spiro atoms. The zero-order valence-electron chi connectivity index (χ0n) is 14.1. The van der Waals surface area contributed by atoms with Gasteiger partial charge in [0.2, 0.25) is 0 Å². The molecule has 1 saturated carbocycles. The number of amides is 1. The molecular weight excluding hydrogens is 290 g/mol. The van der Waals surface area contributed by atoms with E-state index in [1.807, 2.05) is 36.6 Å². The van der Waals surface area contributed by atoms with Gasteiger partial charge >= 0.3 is 0 Å². The van der Waals surface area contributed by atoms with Gasteiger partial charge in [0.25, 0.3) is 5.91 Å². The number of hydrogen-bond acceptors (Lipinski definition) is 3. The number of hydrogen-bond donors (Lipinski definition) is 1. The first-order valence-electron chi connectivity index (χ1n) is 8.46. The molecule has 2 aromatic rings. The third-order valence-corrected chi connectivity index (χ3v) is 4.47. The highest BCUT2D eigenvalue weighted by atomic mass is 16.5. The van der Waals surface area contributed by atoms with Crippen molar-refractivity contribution in [2.45, 2.75) is 58.6 Å². The molecule has 0 unspecified atom stereocenters. The van der Waals surface area contributed by atoms with Crippen LogP contribution in [0.1, 0.15) is 54.4 Å². The quantitative estimate of drug-likeness (QED) is 0.834. The summed E-state index contributed by atoms with van der Waals surface area (Å²) in [5, 5.41) is 3.10. The molecule has 1 aliphatic carbocycles. The molecule has 1 amide bonds. The topological polar surface area (TPSA) is 55.6 Å². The van der Waals surface area contributed by atoms with Gasteiger partial charge in [-0.2, -0.15) is 0 Å². The zero-order chi connectivity index (χ0) is 16.4. The molecule has 0 bridgehead atoms. The van der Waals surface area contributed by atoms with Crippen molar-refractivity contribution in [2.24, 2.45) is 0 Å². The summed E-state index contributed by atoms with van der Waals surface area (Å²) >= 11 is 0. The Bertz CT molecular complexity index is 702. The Morgan fingerprint density at radius 2 is 2.22 bits per heavy atom. The van der Waals surface area contributed by atoms with Crippen molar-refractivity contribution in [2.75, 3.05) is 6.61 Å². The lowest BCUT2D eigenvalue weighted by atomic mass is 9.89. The Labute approximate surface area is 137 Å². The minimum Gasteiger partial charge on any atom is -0.378 e. The van der Waals surface area contributed by atoms with Crippen LogP contribution >= 0.6 is 0 Å². The maximum atomic E-state index is 12.5. The summed E-state index contributed by atoms with van der Waals surface area (Å²) in [7, 11) is 0. The van der Waals surface area contributed by atoms with E-state index in [2.05, 4.69) is 17.2 Å². The van der Waals surface area contributed by atoms with Gasteiger partial charge in [-0.05, 0) is 45.2 Å². The fourth-order valence-corrected chi connectivity index (χ4v) is 3.05. The smallest absolute Gasteiger partial charge is 0.255 e. The largest absolute Gasteiger partial charge is 0.378 e. The van der Waals surface area contributed by atoms with Crippen molar-refractivity contribution in [3.8, 4) is 0 Å². The van der Waals surface area contributed by atoms with Crippen molar-refractivity contribution in [3.05, 3.63) is 35.3 Å². The van der Waals surface area contributed by atoms with E-state index in [0.29, 0.717) is 11.7 Å². The fraction of sp³-hybridized carbons (Fsp3) is 0.556. The van der Waals surface area contributed by atoms with Gasteiger partial charge in [0.15, 0.2) is 0 Å². The molecule has 0 radical (unpaired) electrons. The number of carbonyl (C=O) groups is 1. The second-order valence-electron chi connectivity index (χ2n) is 6.45. The zero-order valence-corrected chi connectivity index (χ0v) is 14.1. The number of rotatable bonds is 6. The van der Waals surface area contributed by atoms with Crippen LogP contribution in [-0.2, 0) is 4.74 Å². The predicted molar refractivity (Wildman–Crippen MR) is 89.8 cm³/mol. The normalized spacial score (nSPS) is 20.5. The van der Waals surface area contributed by atoms with Crippen LogP contribution in [0.5, 0.6) is 0 Å². The van der Waals surface area contributed by atoms with E-state index in [1.54, 1.807) is 0 Å². The molecule has 3 rings (SSSR count). The summed E-state index contributed by atoms with van der Waals surface area (Å²) in [6.07, 6.45) is 6.29. The molecule has 124 valence electrons. The molecule has 5 heteroatoms. The molecule has 1 N–H and O–H groups in total. The average molecular weight is 315 g/mol. The lowest BCUT2D eigenvalue weighted by Crippen LogP contribution is -2.47. The van der Waals surface area contributed by atoms with Gasteiger partial charge < -0.3 is 14.5 Å². The first-order chi connectivity index (χ1) is 11.1. The molecule has 2 heterocycles. The second-order valence-corrected chi connectivity index (χ2v) is 6.45. The van der Waals surface area contributed by atoms with Gasteiger partial charge in [-0.15, -0.1) is 0 Å². The second kappa shape index (κ2) is 6.71. The summed E-state index contributed by atoms with van der Waals surface area (Å²) < 4.78 is 7.71. The van der Waals surface area contributed by atoms with Gasteiger partial charge in [0.05, 0.1) is 11.7 Å². The monoisotopic (exact) mass is 315 g/mol. The van der Waals surface area contributed by atoms with Crippen LogP contribution in [0.4, 0.5) is 0 Å². The van der Waals surface area contributed by atoms with Crippen LogP contribution < -0.4 is 5.32 Å². The highest BCUT2D eigenvalue weighted by molar-refractivity contribution is 6.00. The highest BCUT2D eigenvalue weighted by Crippen LogP contribution is 2.24. The van der Waals surface area contributed by atoms with Gasteiger partial charge in [-0.3, -0.25) is 4.79 Å². The Morgan fingerprint density at radius 1 is 1.43 bits per heavy atom. The van der Waals surface area contributed by atoms with Crippen LogP contribution in [-0.4, -0.2) is 34.0 Å². The summed E-state index contributed by atoms with van der Waals surface area (Å²) in [5.41, 5.74) is 3.39. The molecule has 0 atom stereocenters. The summed E-state index contributed by atoms with van der Waals surface area (Å²) in [6.45, 7) is 6.96. The number of nitrogens with one attached hydrogen (secondary N) is 1. The van der Waals surface area contributed by atoms with Gasteiger partial charge in [0, 0.05) is 30.2 Å². The van der Waals surface area contributed by atoms with Gasteiger partial charge in [-0.25, -0.2) is 4.98 Å². The number of aromatic nitrogens is 2. The van der Waals surface area contributed by atoms with Gasteiger partial charge in [-0.1, -0.05) is 13.3 Å². The average Bonchev–Trinajstić information content (AvgIpc) is 2.88. The number of aryl methyl sites for hydroxylation is 2. The lowest BCUT2D eigenvalue weighted by Gasteiger charge is -2.35. The van der Waals surface area contributed by atoms with Crippen LogP contribution in [0.25, 0.3) is 5.65 Å². The highest BCUT2D eigenvalue weighted by Gasteiger charge is 2.31. The third kappa shape index (κ3) is 3.39. The van der Waals surface area contributed by atoms with E-state index in [1.165, 1.54) is 0 Å². The fourth-order valence-electron chi connectivity index (χ4n) is 3.05. The molecule has 1 aliphatic rings. The van der Waals surface area contributed by atoms with E-state index in [9.17, 15) is 4.79 Å². The summed E-state index contributed by atoms with van der Waals surface area (Å²) in [6, 6.07) is 4.08. The van der Waals surface area contributed by atoms with Crippen LogP contribution in [0.2, 0.25) is 0 Å². The van der Waals surface area contributed by atoms with Crippen molar-refractivity contribution in [1.82, 2.24) is 14.7 Å². The van der Waals surface area contributed by atoms with Gasteiger partial charge in [0.1, 0.15) is 5.65 Å². The number of unbranched alkanes of at least 4 members (excludes halogenated alkanes) is 1. The predicted octanol–water partition coefficient (Wildman–Crippen LogP) is 3.03. The molecule has 0 aliphatic heterocycles. The number of ether oxygens (including phenoxy) is 1. The van der Waals surface area contributed by atoms with Crippen molar-refractivity contribution < 1.29 is 9.53 Å². The number of carbonyl (C=O) groups excluding carboxylic acids is 1. The molecule has 1 fully saturated rings.